The highest BCUT2D eigenvalue weighted by molar-refractivity contribution is 5.83. The molecular formula is C15H22N4O8. The summed E-state index contributed by atoms with van der Waals surface area (Å²) >= 11 is 0. The van der Waals surface area contributed by atoms with Crippen LogP contribution >= 0.6 is 0 Å². The van der Waals surface area contributed by atoms with Crippen molar-refractivity contribution < 1.29 is 34.4 Å². The summed E-state index contributed by atoms with van der Waals surface area (Å²) in [4.78, 5) is 39.8. The van der Waals surface area contributed by atoms with E-state index in [-0.39, 0.29) is 0 Å². The molecule has 1 aromatic rings. The number of esters is 1. The molecule has 0 saturated carbocycles. The lowest BCUT2D eigenvalue weighted by atomic mass is 9.94. The Bertz CT molecular complexity index is 754. The maximum atomic E-state index is 12.1. The second-order valence-electron chi connectivity index (χ2n) is 6.03. The Morgan fingerprint density at radius 3 is 2.67 bits per heavy atom. The summed E-state index contributed by atoms with van der Waals surface area (Å²) in [5.74, 6) is -1.83. The first kappa shape index (κ1) is 20.9. The van der Waals surface area contributed by atoms with Crippen LogP contribution in [0.4, 0.5) is 0 Å². The van der Waals surface area contributed by atoms with E-state index in [1.54, 1.807) is 6.92 Å². The second kappa shape index (κ2) is 8.54. The summed E-state index contributed by atoms with van der Waals surface area (Å²) in [5.41, 5.74) is 5.06. The van der Waals surface area contributed by atoms with Gasteiger partial charge in [-0.05, 0) is 13.0 Å². The van der Waals surface area contributed by atoms with Gasteiger partial charge in [0.1, 0.15) is 18.2 Å². The molecule has 12 heteroatoms. The number of rotatable bonds is 5. The van der Waals surface area contributed by atoms with E-state index in [2.05, 4.69) is 15.0 Å². The van der Waals surface area contributed by atoms with Crippen molar-refractivity contribution in [2.24, 2.45) is 5.73 Å². The number of aliphatic hydroxyl groups excluding tert-OH is 3. The van der Waals surface area contributed by atoms with Crippen LogP contribution in [0.15, 0.2) is 17.1 Å². The number of aryl methyl sites for hydroxylation is 1. The van der Waals surface area contributed by atoms with E-state index < -0.39 is 60.8 Å². The summed E-state index contributed by atoms with van der Waals surface area (Å²) in [6.45, 7) is 0.917. The zero-order valence-corrected chi connectivity index (χ0v) is 14.7. The molecule has 2 rings (SSSR count). The lowest BCUT2D eigenvalue weighted by molar-refractivity contribution is -0.222. The van der Waals surface area contributed by atoms with Crippen molar-refractivity contribution in [3.8, 4) is 0 Å². The molecule has 1 fully saturated rings. The summed E-state index contributed by atoms with van der Waals surface area (Å²) in [6.07, 6.45) is -5.12. The summed E-state index contributed by atoms with van der Waals surface area (Å²) in [5, 5.41) is 32.0. The van der Waals surface area contributed by atoms with E-state index in [1.165, 1.54) is 12.3 Å². The van der Waals surface area contributed by atoms with Crippen LogP contribution in [0.2, 0.25) is 0 Å². The molecule has 0 spiro atoms. The highest BCUT2D eigenvalue weighted by Crippen LogP contribution is 2.28. The molecule has 1 aliphatic rings. The van der Waals surface area contributed by atoms with E-state index in [0.717, 1.165) is 11.7 Å². The fourth-order valence-electron chi connectivity index (χ4n) is 2.63. The first-order chi connectivity index (χ1) is 12.7. The van der Waals surface area contributed by atoms with Crippen molar-refractivity contribution in [3.05, 3.63) is 28.4 Å². The smallest absolute Gasteiger partial charge is 0.349 e. The van der Waals surface area contributed by atoms with Gasteiger partial charge in [0.15, 0.2) is 12.3 Å². The monoisotopic (exact) mass is 386 g/mol. The van der Waals surface area contributed by atoms with Crippen LogP contribution in [0.25, 0.3) is 0 Å². The van der Waals surface area contributed by atoms with E-state index in [1.807, 2.05) is 0 Å². The Balaban J connectivity index is 2.36. The maximum absolute atomic E-state index is 12.1. The number of carbonyl (C=O) groups excluding carboxylic acids is 2. The molecule has 0 radical (unpaired) electrons. The number of hydrogen-bond acceptors (Lipinski definition) is 10. The van der Waals surface area contributed by atoms with Gasteiger partial charge >= 0.3 is 11.7 Å². The Hall–Kier alpha value is -2.38. The number of aromatic nitrogens is 2. The van der Waals surface area contributed by atoms with Crippen molar-refractivity contribution in [1.29, 1.82) is 0 Å². The molecule has 6 unspecified atom stereocenters. The van der Waals surface area contributed by atoms with Crippen LogP contribution in [-0.2, 0) is 19.1 Å². The fraction of sp³-hybridized carbons (Fsp3) is 0.600. The van der Waals surface area contributed by atoms with Crippen LogP contribution < -0.4 is 16.7 Å². The molecule has 1 aliphatic heterocycles. The third-order valence-corrected chi connectivity index (χ3v) is 4.14. The number of nitrogens with one attached hydrogen (secondary N) is 1. The SMILES string of the molecule is COC(=O)C1OC(n2ccc(C)nc2=O)C(O)C(O)C1NC(=O)C(N)CO. The molecule has 0 aliphatic carbocycles. The number of carbonyl (C=O) groups is 2. The minimum Gasteiger partial charge on any atom is -0.467 e. The van der Waals surface area contributed by atoms with Crippen molar-refractivity contribution in [2.45, 2.75) is 43.5 Å². The van der Waals surface area contributed by atoms with Gasteiger partial charge in [-0.15, -0.1) is 0 Å². The highest BCUT2D eigenvalue weighted by atomic mass is 16.6. The van der Waals surface area contributed by atoms with Crippen LogP contribution in [0.1, 0.15) is 11.9 Å². The molecule has 1 aromatic heterocycles. The molecule has 6 atom stereocenters. The van der Waals surface area contributed by atoms with Gasteiger partial charge < -0.3 is 35.8 Å². The molecule has 150 valence electrons. The molecule has 6 N–H and O–H groups in total. The van der Waals surface area contributed by atoms with Gasteiger partial charge in [-0.1, -0.05) is 0 Å². The lowest BCUT2D eigenvalue weighted by Gasteiger charge is -2.42. The predicted octanol–water partition coefficient (Wildman–Crippen LogP) is -3.85. The van der Waals surface area contributed by atoms with Crippen molar-refractivity contribution in [1.82, 2.24) is 14.9 Å². The average molecular weight is 386 g/mol. The van der Waals surface area contributed by atoms with Crippen LogP contribution in [-0.4, -0.2) is 80.9 Å². The van der Waals surface area contributed by atoms with Gasteiger partial charge in [0.2, 0.25) is 5.91 Å². The Labute approximate surface area is 153 Å². The Morgan fingerprint density at radius 1 is 1.44 bits per heavy atom. The van der Waals surface area contributed by atoms with Gasteiger partial charge in [-0.2, -0.15) is 4.98 Å². The molecule has 2 heterocycles. The highest BCUT2D eigenvalue weighted by Gasteiger charge is 2.49. The van der Waals surface area contributed by atoms with Gasteiger partial charge in [0.05, 0.1) is 19.8 Å². The number of amides is 1. The maximum Gasteiger partial charge on any atom is 0.349 e. The van der Waals surface area contributed by atoms with Crippen LogP contribution in [0.3, 0.4) is 0 Å². The standard InChI is InChI=1S/C15H22N4O8/c1-6-3-4-19(15(25)17-6)13-10(22)9(21)8(11(27-13)14(24)26-2)18-12(23)7(16)5-20/h3-4,7-11,13,20-22H,5,16H2,1-2H3,(H,18,23). The van der Waals surface area contributed by atoms with Crippen molar-refractivity contribution in [3.63, 3.8) is 0 Å². The van der Waals surface area contributed by atoms with E-state index in [0.29, 0.717) is 5.69 Å². The van der Waals surface area contributed by atoms with E-state index in [9.17, 15) is 24.6 Å². The largest absolute Gasteiger partial charge is 0.467 e. The van der Waals surface area contributed by atoms with Crippen molar-refractivity contribution >= 4 is 11.9 Å². The number of nitrogens with two attached hydrogens (primary N) is 1. The van der Waals surface area contributed by atoms with Gasteiger partial charge in [-0.3, -0.25) is 9.36 Å². The molecule has 0 aromatic carbocycles. The van der Waals surface area contributed by atoms with Gasteiger partial charge in [-0.25, -0.2) is 9.59 Å². The normalized spacial score (nSPS) is 29.0. The summed E-state index contributed by atoms with van der Waals surface area (Å²) in [7, 11) is 1.07. The zero-order valence-electron chi connectivity index (χ0n) is 14.7. The third-order valence-electron chi connectivity index (χ3n) is 4.14. The van der Waals surface area contributed by atoms with Crippen molar-refractivity contribution in [2.75, 3.05) is 13.7 Å². The van der Waals surface area contributed by atoms with Gasteiger partial charge in [0, 0.05) is 11.9 Å². The first-order valence-electron chi connectivity index (χ1n) is 8.03. The second-order valence-corrected chi connectivity index (χ2v) is 6.03. The quantitative estimate of drug-likeness (QED) is 0.314. The van der Waals surface area contributed by atoms with Crippen LogP contribution in [0.5, 0.6) is 0 Å². The molecular weight excluding hydrogens is 364 g/mol. The van der Waals surface area contributed by atoms with E-state index in [4.69, 9.17) is 15.6 Å². The summed E-state index contributed by atoms with van der Waals surface area (Å²) < 4.78 is 11.0. The Morgan fingerprint density at radius 2 is 2.11 bits per heavy atom. The third kappa shape index (κ3) is 4.31. The minimum atomic E-state index is -1.71. The van der Waals surface area contributed by atoms with Crippen LogP contribution in [0, 0.1) is 6.92 Å². The predicted molar refractivity (Wildman–Crippen MR) is 88.2 cm³/mol. The molecule has 12 nitrogen and oxygen atoms in total. The molecule has 27 heavy (non-hydrogen) atoms. The summed E-state index contributed by atoms with van der Waals surface area (Å²) in [6, 6.07) is -1.26. The minimum absolute atomic E-state index is 0.426. The molecule has 0 bridgehead atoms. The number of nitrogens with zero attached hydrogens (tertiary/aromatic N) is 2. The zero-order chi connectivity index (χ0) is 20.3. The number of methoxy groups -OCH3 is 1. The number of hydrogen-bond donors (Lipinski definition) is 5. The van der Waals surface area contributed by atoms with E-state index >= 15 is 0 Å². The fourth-order valence-corrected chi connectivity index (χ4v) is 2.63. The lowest BCUT2D eigenvalue weighted by Crippen LogP contribution is -2.66. The topological polar surface area (TPSA) is 186 Å². The number of ether oxygens (including phenoxy) is 2. The molecule has 1 amide bonds. The number of aliphatic hydroxyl groups is 3. The van der Waals surface area contributed by atoms with Gasteiger partial charge in [0.25, 0.3) is 0 Å². The molecule has 1 saturated heterocycles. The Kier molecular flexibility index (Phi) is 6.62. The first-order valence-corrected chi connectivity index (χ1v) is 8.03. The average Bonchev–Trinajstić information content (AvgIpc) is 2.64.